The maximum absolute atomic E-state index is 11.7. The largest absolute Gasteiger partial charge is 0.480 e. The third kappa shape index (κ3) is 2.46. The molecule has 5 nitrogen and oxygen atoms in total. The number of hydrogen-bond donors (Lipinski definition) is 1. The van der Waals surface area contributed by atoms with Gasteiger partial charge in [0, 0.05) is 28.4 Å². The predicted molar refractivity (Wildman–Crippen MR) is 70.0 cm³/mol. The van der Waals surface area contributed by atoms with Gasteiger partial charge in [0.1, 0.15) is 0 Å². The van der Waals surface area contributed by atoms with Crippen LogP contribution in [0, 0.1) is 0 Å². The van der Waals surface area contributed by atoms with E-state index in [0.29, 0.717) is 22.2 Å². The fourth-order valence-electron chi connectivity index (χ4n) is 1.54. The molecule has 18 heavy (non-hydrogen) atoms. The summed E-state index contributed by atoms with van der Waals surface area (Å²) in [6.45, 7) is 0.210. The van der Waals surface area contributed by atoms with Gasteiger partial charge in [-0.1, -0.05) is 17.7 Å². The monoisotopic (exact) mass is 265 g/mol. The Morgan fingerprint density at radius 2 is 2.17 bits per heavy atom. The summed E-state index contributed by atoms with van der Waals surface area (Å²) in [4.78, 5) is 11.7. The Hall–Kier alpha value is -2.01. The lowest BCUT2D eigenvalue weighted by atomic mass is 10.2. The van der Waals surface area contributed by atoms with E-state index in [9.17, 15) is 4.79 Å². The number of halogens is 1. The SMILES string of the molecule is COc1ccc(=O)n(Cc2c(N)cccc2Cl)n1. The zero-order valence-corrected chi connectivity index (χ0v) is 10.5. The van der Waals surface area contributed by atoms with Crippen molar-refractivity contribution in [3.05, 3.63) is 51.3 Å². The zero-order chi connectivity index (χ0) is 13.1. The maximum atomic E-state index is 11.7. The number of rotatable bonds is 3. The van der Waals surface area contributed by atoms with Gasteiger partial charge in [0.25, 0.3) is 5.56 Å². The van der Waals surface area contributed by atoms with E-state index >= 15 is 0 Å². The lowest BCUT2D eigenvalue weighted by Crippen LogP contribution is -2.23. The summed E-state index contributed by atoms with van der Waals surface area (Å²) in [7, 11) is 1.49. The summed E-state index contributed by atoms with van der Waals surface area (Å²) < 4.78 is 6.23. The Morgan fingerprint density at radius 1 is 1.39 bits per heavy atom. The molecule has 0 atom stereocenters. The second-order valence-corrected chi connectivity index (χ2v) is 4.09. The van der Waals surface area contributed by atoms with Crippen LogP contribution in [0.4, 0.5) is 5.69 Å². The van der Waals surface area contributed by atoms with Crippen molar-refractivity contribution in [2.24, 2.45) is 0 Å². The Labute approximate surface area is 109 Å². The van der Waals surface area contributed by atoms with Crippen LogP contribution in [0.25, 0.3) is 0 Å². The van der Waals surface area contributed by atoms with Gasteiger partial charge in [0.05, 0.1) is 13.7 Å². The van der Waals surface area contributed by atoms with Crippen molar-refractivity contribution in [2.75, 3.05) is 12.8 Å². The smallest absolute Gasteiger partial charge is 0.267 e. The molecule has 2 N–H and O–H groups in total. The molecular formula is C12H12ClN3O2. The third-order valence-electron chi connectivity index (χ3n) is 2.51. The zero-order valence-electron chi connectivity index (χ0n) is 9.76. The van der Waals surface area contributed by atoms with E-state index in [1.165, 1.54) is 23.9 Å². The van der Waals surface area contributed by atoms with Gasteiger partial charge in [-0.25, -0.2) is 4.68 Å². The van der Waals surface area contributed by atoms with Gasteiger partial charge >= 0.3 is 0 Å². The fraction of sp³-hybridized carbons (Fsp3) is 0.167. The third-order valence-corrected chi connectivity index (χ3v) is 2.87. The second kappa shape index (κ2) is 5.10. The van der Waals surface area contributed by atoms with Crippen LogP contribution >= 0.6 is 11.6 Å². The average molecular weight is 266 g/mol. The Morgan fingerprint density at radius 3 is 2.83 bits per heavy atom. The van der Waals surface area contributed by atoms with Crippen LogP contribution in [-0.2, 0) is 6.54 Å². The number of nitrogen functional groups attached to an aromatic ring is 1. The number of anilines is 1. The maximum Gasteiger partial charge on any atom is 0.267 e. The van der Waals surface area contributed by atoms with Crippen molar-refractivity contribution in [1.82, 2.24) is 9.78 Å². The van der Waals surface area contributed by atoms with E-state index < -0.39 is 0 Å². The first-order chi connectivity index (χ1) is 8.61. The van der Waals surface area contributed by atoms with Crippen LogP contribution in [0.5, 0.6) is 5.88 Å². The topological polar surface area (TPSA) is 70.1 Å². The number of hydrogen-bond acceptors (Lipinski definition) is 4. The molecule has 6 heteroatoms. The number of nitrogens with zero attached hydrogens (tertiary/aromatic N) is 2. The first-order valence-electron chi connectivity index (χ1n) is 5.27. The summed E-state index contributed by atoms with van der Waals surface area (Å²) in [6.07, 6.45) is 0. The molecule has 0 fully saturated rings. The van der Waals surface area contributed by atoms with Crippen molar-refractivity contribution in [3.8, 4) is 5.88 Å². The molecule has 0 unspecified atom stereocenters. The van der Waals surface area contributed by atoms with Crippen molar-refractivity contribution in [2.45, 2.75) is 6.54 Å². The first kappa shape index (κ1) is 12.4. The van der Waals surface area contributed by atoms with Crippen LogP contribution < -0.4 is 16.0 Å². The number of aromatic nitrogens is 2. The molecule has 0 amide bonds. The molecule has 2 rings (SSSR count). The molecule has 0 saturated heterocycles. The molecular weight excluding hydrogens is 254 g/mol. The van der Waals surface area contributed by atoms with Crippen molar-refractivity contribution < 1.29 is 4.74 Å². The van der Waals surface area contributed by atoms with Gasteiger partial charge in [-0.3, -0.25) is 4.79 Å². The normalized spacial score (nSPS) is 10.3. The molecule has 0 spiro atoms. The van der Waals surface area contributed by atoms with Crippen molar-refractivity contribution in [3.63, 3.8) is 0 Å². The van der Waals surface area contributed by atoms with Crippen molar-refractivity contribution >= 4 is 17.3 Å². The fourth-order valence-corrected chi connectivity index (χ4v) is 1.79. The highest BCUT2D eigenvalue weighted by Crippen LogP contribution is 2.22. The molecule has 1 aromatic carbocycles. The lowest BCUT2D eigenvalue weighted by Gasteiger charge is -2.10. The number of ether oxygens (including phenoxy) is 1. The quantitative estimate of drug-likeness (QED) is 0.855. The van der Waals surface area contributed by atoms with Crippen molar-refractivity contribution in [1.29, 1.82) is 0 Å². The summed E-state index contributed by atoms with van der Waals surface area (Å²) in [5, 5.41) is 4.54. The van der Waals surface area contributed by atoms with Gasteiger partial charge in [-0.05, 0) is 12.1 Å². The Balaban J connectivity index is 2.43. The van der Waals surface area contributed by atoms with E-state index in [1.807, 2.05) is 0 Å². The van der Waals surface area contributed by atoms with Crippen LogP contribution in [0.15, 0.2) is 35.1 Å². The van der Waals surface area contributed by atoms with E-state index in [1.54, 1.807) is 18.2 Å². The number of benzene rings is 1. The van der Waals surface area contributed by atoms with Gasteiger partial charge < -0.3 is 10.5 Å². The van der Waals surface area contributed by atoms with E-state index in [4.69, 9.17) is 22.1 Å². The molecule has 0 bridgehead atoms. The Bertz CT molecular complexity index is 605. The second-order valence-electron chi connectivity index (χ2n) is 3.68. The predicted octanol–water partition coefficient (Wildman–Crippen LogP) is 1.54. The van der Waals surface area contributed by atoms with E-state index in [0.717, 1.165) is 0 Å². The summed E-state index contributed by atoms with van der Waals surface area (Å²) in [5.74, 6) is 0.361. The first-order valence-corrected chi connectivity index (χ1v) is 5.64. The minimum atomic E-state index is -0.241. The molecule has 0 aliphatic carbocycles. The molecule has 1 heterocycles. The highest BCUT2D eigenvalue weighted by atomic mass is 35.5. The standard InChI is InChI=1S/C12H12ClN3O2/c1-18-11-5-6-12(17)16(15-11)7-8-9(13)3-2-4-10(8)14/h2-6H,7,14H2,1H3. The summed E-state index contributed by atoms with van der Waals surface area (Å²) in [5.41, 5.74) is 6.79. The highest BCUT2D eigenvalue weighted by molar-refractivity contribution is 6.31. The molecule has 1 aromatic heterocycles. The Kier molecular flexibility index (Phi) is 3.53. The van der Waals surface area contributed by atoms with E-state index in [-0.39, 0.29) is 12.1 Å². The van der Waals surface area contributed by atoms with E-state index in [2.05, 4.69) is 5.10 Å². The minimum absolute atomic E-state index is 0.210. The van der Waals surface area contributed by atoms with Gasteiger partial charge in [0.15, 0.2) is 0 Å². The van der Waals surface area contributed by atoms with Gasteiger partial charge in [-0.2, -0.15) is 0 Å². The van der Waals surface area contributed by atoms with Gasteiger partial charge in [-0.15, -0.1) is 5.10 Å². The minimum Gasteiger partial charge on any atom is -0.480 e. The summed E-state index contributed by atoms with van der Waals surface area (Å²) in [6, 6.07) is 8.10. The average Bonchev–Trinajstić information content (AvgIpc) is 2.36. The number of nitrogens with two attached hydrogens (primary N) is 1. The molecule has 0 saturated carbocycles. The molecule has 0 aliphatic rings. The van der Waals surface area contributed by atoms with Crippen LogP contribution in [0.1, 0.15) is 5.56 Å². The highest BCUT2D eigenvalue weighted by Gasteiger charge is 2.08. The molecule has 2 aromatic rings. The number of methoxy groups -OCH3 is 1. The molecule has 94 valence electrons. The lowest BCUT2D eigenvalue weighted by molar-refractivity contribution is 0.379. The van der Waals surface area contributed by atoms with Crippen LogP contribution in [0.2, 0.25) is 5.02 Å². The van der Waals surface area contributed by atoms with Gasteiger partial charge in [0.2, 0.25) is 5.88 Å². The van der Waals surface area contributed by atoms with Crippen LogP contribution in [-0.4, -0.2) is 16.9 Å². The van der Waals surface area contributed by atoms with Crippen LogP contribution in [0.3, 0.4) is 0 Å². The molecule has 0 radical (unpaired) electrons. The molecule has 0 aliphatic heterocycles. The summed E-state index contributed by atoms with van der Waals surface area (Å²) >= 11 is 6.05.